The zero-order valence-corrected chi connectivity index (χ0v) is 11.2. The van der Waals surface area contributed by atoms with Crippen molar-refractivity contribution in [2.24, 2.45) is 0 Å². The van der Waals surface area contributed by atoms with Crippen LogP contribution in [0, 0.1) is 4.91 Å². The van der Waals surface area contributed by atoms with Crippen molar-refractivity contribution in [1.82, 2.24) is 4.98 Å². The van der Waals surface area contributed by atoms with Crippen LogP contribution in [-0.2, 0) is 12.8 Å². The van der Waals surface area contributed by atoms with Gasteiger partial charge in [-0.2, -0.15) is 0 Å². The first kappa shape index (κ1) is 14.3. The van der Waals surface area contributed by atoms with Gasteiger partial charge in [0.2, 0.25) is 0 Å². The lowest BCUT2D eigenvalue weighted by molar-refractivity contribution is -0.518. The normalized spacial score (nSPS) is 11.4. The van der Waals surface area contributed by atoms with E-state index in [9.17, 15) is 4.91 Å². The summed E-state index contributed by atoms with van der Waals surface area (Å²) in [5.74, 6) is 0. The van der Waals surface area contributed by atoms with E-state index in [4.69, 9.17) is 0 Å². The number of likely N-dealkylation sites (N-methyl/N-ethyl adjacent to an activating group) is 1. The van der Waals surface area contributed by atoms with Gasteiger partial charge in [-0.25, -0.2) is 0 Å². The molecule has 0 aliphatic heterocycles. The number of aromatic nitrogens is 1. The average molecular weight is 245 g/mol. The largest absolute Gasteiger partial charge is 0.261 e. The minimum Gasteiger partial charge on any atom is -0.261 e. The molecule has 0 N–H and O–H groups in total. The Labute approximate surface area is 109 Å². The van der Waals surface area contributed by atoms with E-state index in [0.29, 0.717) is 6.54 Å². The van der Waals surface area contributed by atoms with Crippen molar-refractivity contribution >= 4 is 0 Å². The third kappa shape index (κ3) is 6.09. The molecule has 0 saturated heterocycles. The molecule has 0 aromatic carbocycles. The van der Waals surface area contributed by atoms with Crippen LogP contribution in [0.4, 0.5) is 0 Å². The fourth-order valence-electron chi connectivity index (χ4n) is 1.55. The second-order valence-corrected chi connectivity index (χ2v) is 4.25. The summed E-state index contributed by atoms with van der Waals surface area (Å²) in [6.45, 7) is 2.52. The predicted octanol–water partition coefficient (Wildman–Crippen LogP) is 3.10. The SMILES string of the molecule is C/C=C\C=C/CCc1ccc(CC[N+](C)=O)cn1. The second kappa shape index (κ2) is 8.34. The molecule has 0 saturated carbocycles. The lowest BCUT2D eigenvalue weighted by Crippen LogP contribution is -2.06. The number of rotatable bonds is 7. The number of pyridine rings is 1. The van der Waals surface area contributed by atoms with Crippen molar-refractivity contribution in [3.05, 3.63) is 58.8 Å². The Balaban J connectivity index is 2.38. The smallest absolute Gasteiger partial charge is 0.195 e. The van der Waals surface area contributed by atoms with E-state index in [1.165, 1.54) is 0 Å². The van der Waals surface area contributed by atoms with E-state index in [0.717, 1.165) is 35.3 Å². The van der Waals surface area contributed by atoms with Crippen molar-refractivity contribution in [2.75, 3.05) is 13.6 Å². The molecule has 0 bridgehead atoms. The fraction of sp³-hybridized carbons (Fsp3) is 0.400. The summed E-state index contributed by atoms with van der Waals surface area (Å²) in [5.41, 5.74) is 2.21. The van der Waals surface area contributed by atoms with E-state index < -0.39 is 0 Å². The van der Waals surface area contributed by atoms with Crippen LogP contribution in [0.3, 0.4) is 0 Å². The maximum Gasteiger partial charge on any atom is 0.195 e. The summed E-state index contributed by atoms with van der Waals surface area (Å²) >= 11 is 0. The Bertz CT molecular complexity index is 419. The fourth-order valence-corrected chi connectivity index (χ4v) is 1.55. The number of nitrogens with zero attached hydrogens (tertiary/aromatic N) is 2. The molecule has 96 valence electrons. The molecule has 0 atom stereocenters. The van der Waals surface area contributed by atoms with Crippen LogP contribution in [0.25, 0.3) is 0 Å². The zero-order chi connectivity index (χ0) is 13.2. The second-order valence-electron chi connectivity index (χ2n) is 4.25. The van der Waals surface area contributed by atoms with Gasteiger partial charge in [-0.05, 0) is 36.2 Å². The first-order valence-corrected chi connectivity index (χ1v) is 6.32. The summed E-state index contributed by atoms with van der Waals surface area (Å²) < 4.78 is 0.944. The monoisotopic (exact) mass is 245 g/mol. The van der Waals surface area contributed by atoms with Gasteiger partial charge in [0.15, 0.2) is 13.6 Å². The van der Waals surface area contributed by atoms with Gasteiger partial charge in [-0.3, -0.25) is 4.98 Å². The summed E-state index contributed by atoms with van der Waals surface area (Å²) in [4.78, 5) is 15.2. The number of allylic oxidation sites excluding steroid dienone is 4. The molecule has 0 fully saturated rings. The lowest BCUT2D eigenvalue weighted by Gasteiger charge is -2.00. The number of hydrogen-bond acceptors (Lipinski definition) is 2. The van der Waals surface area contributed by atoms with Gasteiger partial charge < -0.3 is 0 Å². The maximum atomic E-state index is 10.8. The van der Waals surface area contributed by atoms with E-state index >= 15 is 0 Å². The highest BCUT2D eigenvalue weighted by molar-refractivity contribution is 5.15. The van der Waals surface area contributed by atoms with Crippen molar-refractivity contribution in [1.29, 1.82) is 0 Å². The average Bonchev–Trinajstić information content (AvgIpc) is 2.37. The van der Waals surface area contributed by atoms with Gasteiger partial charge in [0.1, 0.15) is 0 Å². The Morgan fingerprint density at radius 2 is 2.11 bits per heavy atom. The van der Waals surface area contributed by atoms with Crippen molar-refractivity contribution in [2.45, 2.75) is 26.2 Å². The first-order valence-electron chi connectivity index (χ1n) is 6.32. The van der Waals surface area contributed by atoms with Crippen LogP contribution < -0.4 is 0 Å². The van der Waals surface area contributed by atoms with E-state index in [1.54, 1.807) is 7.05 Å². The van der Waals surface area contributed by atoms with Crippen LogP contribution in [0.1, 0.15) is 24.6 Å². The highest BCUT2D eigenvalue weighted by Crippen LogP contribution is 2.04. The molecule has 0 aliphatic rings. The Hall–Kier alpha value is -1.77. The van der Waals surface area contributed by atoms with Crippen molar-refractivity contribution in [3.8, 4) is 0 Å². The number of hydrogen-bond donors (Lipinski definition) is 0. The lowest BCUT2D eigenvalue weighted by atomic mass is 10.1. The molecule has 0 unspecified atom stereocenters. The Morgan fingerprint density at radius 3 is 2.72 bits per heavy atom. The van der Waals surface area contributed by atoms with E-state index in [1.807, 2.05) is 31.3 Å². The third-order valence-electron chi connectivity index (χ3n) is 2.61. The van der Waals surface area contributed by atoms with Gasteiger partial charge in [-0.15, -0.1) is 0 Å². The van der Waals surface area contributed by atoms with Crippen LogP contribution in [0.2, 0.25) is 0 Å². The molecule has 1 aromatic heterocycles. The first-order chi connectivity index (χ1) is 8.72. The minimum absolute atomic E-state index is 0.521. The highest BCUT2D eigenvalue weighted by Gasteiger charge is 2.01. The predicted molar refractivity (Wildman–Crippen MR) is 74.6 cm³/mol. The van der Waals surface area contributed by atoms with Crippen molar-refractivity contribution in [3.63, 3.8) is 0 Å². The van der Waals surface area contributed by atoms with Crippen LogP contribution in [-0.4, -0.2) is 23.3 Å². The molecule has 18 heavy (non-hydrogen) atoms. The van der Waals surface area contributed by atoms with Gasteiger partial charge >= 0.3 is 0 Å². The summed E-state index contributed by atoms with van der Waals surface area (Å²) in [5, 5.41) is 0. The molecule has 0 spiro atoms. The van der Waals surface area contributed by atoms with Crippen LogP contribution in [0.5, 0.6) is 0 Å². The van der Waals surface area contributed by atoms with Gasteiger partial charge in [0.05, 0.1) is 0 Å². The maximum absolute atomic E-state index is 10.8. The third-order valence-corrected chi connectivity index (χ3v) is 2.61. The standard InChI is InChI=1S/C15H21N2O/c1-3-4-5-6-7-8-15-10-9-14(13-16-15)11-12-17(2)18/h3-6,9-10,13H,7-8,11-12H2,1-2H3/q+1/b4-3-,6-5-. The molecule has 1 heterocycles. The van der Waals surface area contributed by atoms with Crippen LogP contribution in [0.15, 0.2) is 42.6 Å². The summed E-state index contributed by atoms with van der Waals surface area (Å²) in [6.07, 6.45) is 12.8. The molecule has 3 heteroatoms. The Morgan fingerprint density at radius 1 is 1.28 bits per heavy atom. The van der Waals surface area contributed by atoms with Gasteiger partial charge in [0, 0.05) is 23.2 Å². The van der Waals surface area contributed by atoms with Crippen LogP contribution >= 0.6 is 0 Å². The molecular weight excluding hydrogens is 224 g/mol. The van der Waals surface area contributed by atoms with E-state index in [2.05, 4.69) is 23.2 Å². The molecular formula is C15H21N2O+. The molecule has 0 aliphatic carbocycles. The molecule has 0 radical (unpaired) electrons. The van der Waals surface area contributed by atoms with E-state index in [-0.39, 0.29) is 0 Å². The highest BCUT2D eigenvalue weighted by atomic mass is 16.3. The Kier molecular flexibility index (Phi) is 6.62. The topological polar surface area (TPSA) is 33.0 Å². The molecule has 1 aromatic rings. The summed E-state index contributed by atoms with van der Waals surface area (Å²) in [6, 6.07) is 4.10. The zero-order valence-electron chi connectivity index (χ0n) is 11.2. The summed E-state index contributed by atoms with van der Waals surface area (Å²) in [7, 11) is 1.54. The molecule has 0 amide bonds. The van der Waals surface area contributed by atoms with Gasteiger partial charge in [0.25, 0.3) is 0 Å². The number of aryl methyl sites for hydroxylation is 1. The number of nitroso groups, excluding NO2 is 1. The molecule has 1 rings (SSSR count). The quantitative estimate of drug-likeness (QED) is 0.546. The minimum atomic E-state index is 0.521. The van der Waals surface area contributed by atoms with Gasteiger partial charge in [-0.1, -0.05) is 30.4 Å². The van der Waals surface area contributed by atoms with Crippen molar-refractivity contribution < 1.29 is 4.76 Å². The molecule has 3 nitrogen and oxygen atoms in total.